The van der Waals surface area contributed by atoms with Gasteiger partial charge in [-0.3, -0.25) is 0 Å². The molecule has 0 amide bonds. The van der Waals surface area contributed by atoms with Crippen LogP contribution in [0.2, 0.25) is 0 Å². The number of hydrogen-bond acceptors (Lipinski definition) is 4. The molecule has 0 spiro atoms. The summed E-state index contributed by atoms with van der Waals surface area (Å²) >= 11 is 0. The Morgan fingerprint density at radius 3 is 2.26 bits per heavy atom. The van der Waals surface area contributed by atoms with Crippen LogP contribution >= 0.6 is 0 Å². The quantitative estimate of drug-likeness (QED) is 0.448. The molecule has 0 atom stereocenters. The van der Waals surface area contributed by atoms with E-state index in [1.807, 2.05) is 30.3 Å². The van der Waals surface area contributed by atoms with E-state index in [2.05, 4.69) is 6.58 Å². The van der Waals surface area contributed by atoms with E-state index in [9.17, 15) is 9.59 Å². The van der Waals surface area contributed by atoms with Crippen LogP contribution in [0, 0.1) is 0 Å². The Morgan fingerprint density at radius 1 is 1.11 bits per heavy atom. The second kappa shape index (κ2) is 7.87. The van der Waals surface area contributed by atoms with Gasteiger partial charge >= 0.3 is 11.9 Å². The van der Waals surface area contributed by atoms with Crippen molar-refractivity contribution in [3.63, 3.8) is 0 Å². The molecule has 0 saturated carbocycles. The molecule has 0 aliphatic heterocycles. The molecule has 1 rings (SSSR count). The van der Waals surface area contributed by atoms with E-state index >= 15 is 0 Å². The van der Waals surface area contributed by atoms with Gasteiger partial charge in [0.1, 0.15) is 13.2 Å². The summed E-state index contributed by atoms with van der Waals surface area (Å²) in [6.07, 6.45) is 2.08. The number of carbonyl (C=O) groups excluding carboxylic acids is 2. The maximum atomic E-state index is 11.3. The SMILES string of the molecule is C=C(C)COC(=O)/C=C\C(=O)OCc1ccccc1. The first-order valence-electron chi connectivity index (χ1n) is 5.78. The van der Waals surface area contributed by atoms with Crippen molar-refractivity contribution < 1.29 is 19.1 Å². The highest BCUT2D eigenvalue weighted by Gasteiger charge is 2.01. The molecule has 19 heavy (non-hydrogen) atoms. The minimum Gasteiger partial charge on any atom is -0.458 e. The van der Waals surface area contributed by atoms with E-state index < -0.39 is 11.9 Å². The van der Waals surface area contributed by atoms with Crippen molar-refractivity contribution in [1.82, 2.24) is 0 Å². The largest absolute Gasteiger partial charge is 0.458 e. The number of rotatable bonds is 6. The Labute approximate surface area is 112 Å². The molecule has 0 aromatic heterocycles. The smallest absolute Gasteiger partial charge is 0.331 e. The van der Waals surface area contributed by atoms with Crippen LogP contribution in [-0.2, 0) is 25.7 Å². The van der Waals surface area contributed by atoms with Gasteiger partial charge in [-0.05, 0) is 18.1 Å². The lowest BCUT2D eigenvalue weighted by atomic mass is 10.2. The van der Waals surface area contributed by atoms with Crippen molar-refractivity contribution in [1.29, 1.82) is 0 Å². The number of carbonyl (C=O) groups is 2. The van der Waals surface area contributed by atoms with Crippen molar-refractivity contribution in [2.75, 3.05) is 6.61 Å². The van der Waals surface area contributed by atoms with Crippen LogP contribution in [0.1, 0.15) is 12.5 Å². The average Bonchev–Trinajstić information content (AvgIpc) is 2.41. The third-order valence-electron chi connectivity index (χ3n) is 2.04. The zero-order valence-electron chi connectivity index (χ0n) is 10.8. The molecule has 100 valence electrons. The Morgan fingerprint density at radius 2 is 1.68 bits per heavy atom. The highest BCUT2D eigenvalue weighted by molar-refractivity contribution is 5.91. The molecule has 0 radical (unpaired) electrons. The van der Waals surface area contributed by atoms with Crippen molar-refractivity contribution in [3.8, 4) is 0 Å². The Hall–Kier alpha value is -2.36. The average molecular weight is 260 g/mol. The van der Waals surface area contributed by atoms with Crippen molar-refractivity contribution in [3.05, 3.63) is 60.2 Å². The first-order chi connectivity index (χ1) is 9.08. The topological polar surface area (TPSA) is 52.6 Å². The first kappa shape index (κ1) is 14.7. The lowest BCUT2D eigenvalue weighted by Crippen LogP contribution is -2.05. The monoisotopic (exact) mass is 260 g/mol. The van der Waals surface area contributed by atoms with Crippen LogP contribution in [-0.4, -0.2) is 18.5 Å². The lowest BCUT2D eigenvalue weighted by molar-refractivity contribution is -0.140. The van der Waals surface area contributed by atoms with E-state index in [0.29, 0.717) is 0 Å². The van der Waals surface area contributed by atoms with Crippen LogP contribution in [0.4, 0.5) is 0 Å². The second-order valence-corrected chi connectivity index (χ2v) is 3.99. The van der Waals surface area contributed by atoms with Crippen LogP contribution in [0.25, 0.3) is 0 Å². The summed E-state index contributed by atoms with van der Waals surface area (Å²) in [5.74, 6) is -1.18. The van der Waals surface area contributed by atoms with Crippen LogP contribution in [0.15, 0.2) is 54.6 Å². The molecule has 0 aliphatic carbocycles. The van der Waals surface area contributed by atoms with Gasteiger partial charge in [-0.2, -0.15) is 0 Å². The van der Waals surface area contributed by atoms with E-state index in [-0.39, 0.29) is 13.2 Å². The molecule has 0 N–H and O–H groups in total. The summed E-state index contributed by atoms with van der Waals surface area (Å²) < 4.78 is 9.74. The molecule has 0 bridgehead atoms. The first-order valence-corrected chi connectivity index (χ1v) is 5.78. The van der Waals surface area contributed by atoms with E-state index in [1.54, 1.807) is 6.92 Å². The highest BCUT2D eigenvalue weighted by Crippen LogP contribution is 2.01. The molecular formula is C15H16O4. The van der Waals surface area contributed by atoms with Gasteiger partial charge in [-0.25, -0.2) is 9.59 Å². The normalized spacial score (nSPS) is 10.2. The number of esters is 2. The summed E-state index contributed by atoms with van der Waals surface area (Å²) in [6, 6.07) is 9.28. The fourth-order valence-corrected chi connectivity index (χ4v) is 1.16. The van der Waals surface area contributed by atoms with Gasteiger partial charge in [0.25, 0.3) is 0 Å². The molecule has 4 nitrogen and oxygen atoms in total. The minimum atomic E-state index is -0.598. The summed E-state index contributed by atoms with van der Waals surface area (Å²) in [5, 5.41) is 0. The van der Waals surface area contributed by atoms with Crippen molar-refractivity contribution >= 4 is 11.9 Å². The number of hydrogen-bond donors (Lipinski definition) is 0. The fraction of sp³-hybridized carbons (Fsp3) is 0.200. The van der Waals surface area contributed by atoms with Gasteiger partial charge < -0.3 is 9.47 Å². The van der Waals surface area contributed by atoms with E-state index in [1.165, 1.54) is 0 Å². The zero-order chi connectivity index (χ0) is 14.1. The predicted octanol–water partition coefficient (Wildman–Crippen LogP) is 2.41. The van der Waals surface area contributed by atoms with Gasteiger partial charge in [-0.1, -0.05) is 36.9 Å². The Balaban J connectivity index is 2.30. The molecule has 4 heteroatoms. The Kier molecular flexibility index (Phi) is 6.09. The van der Waals surface area contributed by atoms with E-state index in [0.717, 1.165) is 23.3 Å². The summed E-state index contributed by atoms with van der Waals surface area (Å²) in [6.45, 7) is 5.65. The molecule has 1 aromatic rings. The predicted molar refractivity (Wildman–Crippen MR) is 71.2 cm³/mol. The van der Waals surface area contributed by atoms with Gasteiger partial charge in [0, 0.05) is 12.2 Å². The standard InChI is InChI=1S/C15H16O4/c1-12(2)10-18-14(16)8-9-15(17)19-11-13-6-4-3-5-7-13/h3-9H,1,10-11H2,2H3/b9-8-. The second-order valence-electron chi connectivity index (χ2n) is 3.99. The molecule has 0 heterocycles. The van der Waals surface area contributed by atoms with Crippen molar-refractivity contribution in [2.45, 2.75) is 13.5 Å². The van der Waals surface area contributed by atoms with Crippen LogP contribution in [0.5, 0.6) is 0 Å². The lowest BCUT2D eigenvalue weighted by Gasteiger charge is -2.02. The zero-order valence-corrected chi connectivity index (χ0v) is 10.8. The number of ether oxygens (including phenoxy) is 2. The minimum absolute atomic E-state index is 0.141. The van der Waals surface area contributed by atoms with Gasteiger partial charge in [0.15, 0.2) is 0 Å². The van der Waals surface area contributed by atoms with E-state index in [4.69, 9.17) is 9.47 Å². The van der Waals surface area contributed by atoms with Crippen LogP contribution in [0.3, 0.4) is 0 Å². The summed E-state index contributed by atoms with van der Waals surface area (Å²) in [5.41, 5.74) is 1.61. The van der Waals surface area contributed by atoms with Gasteiger partial charge in [0.05, 0.1) is 0 Å². The fourth-order valence-electron chi connectivity index (χ4n) is 1.16. The number of benzene rings is 1. The third-order valence-corrected chi connectivity index (χ3v) is 2.04. The highest BCUT2D eigenvalue weighted by atomic mass is 16.5. The Bertz CT molecular complexity index is 474. The van der Waals surface area contributed by atoms with Gasteiger partial charge in [0.2, 0.25) is 0 Å². The van der Waals surface area contributed by atoms with Crippen molar-refractivity contribution in [2.24, 2.45) is 0 Å². The molecule has 0 unspecified atom stereocenters. The molecular weight excluding hydrogens is 244 g/mol. The summed E-state index contributed by atoms with van der Waals surface area (Å²) in [4.78, 5) is 22.5. The molecule has 0 saturated heterocycles. The molecule has 0 fully saturated rings. The third kappa shape index (κ3) is 6.83. The molecule has 0 aliphatic rings. The van der Waals surface area contributed by atoms with Gasteiger partial charge in [-0.15, -0.1) is 0 Å². The summed E-state index contributed by atoms with van der Waals surface area (Å²) in [7, 11) is 0. The van der Waals surface area contributed by atoms with Crippen LogP contribution < -0.4 is 0 Å². The maximum Gasteiger partial charge on any atom is 0.331 e. The maximum absolute atomic E-state index is 11.3. The molecule has 1 aromatic carbocycles.